The van der Waals surface area contributed by atoms with E-state index in [9.17, 15) is 4.91 Å². The Kier molecular flexibility index (Phi) is 6.48. The van der Waals surface area contributed by atoms with Crippen LogP contribution in [0.1, 0.15) is 36.1 Å². The molecule has 0 saturated heterocycles. The quantitative estimate of drug-likeness (QED) is 0.283. The second-order valence-electron chi connectivity index (χ2n) is 7.18. The molecule has 0 radical (unpaired) electrons. The number of allylic oxidation sites excluding steroid dienone is 2. The van der Waals surface area contributed by atoms with Crippen molar-refractivity contribution in [3.05, 3.63) is 76.0 Å². The van der Waals surface area contributed by atoms with Gasteiger partial charge in [-0.3, -0.25) is 0 Å². The van der Waals surface area contributed by atoms with Crippen LogP contribution in [0.25, 0.3) is 11.3 Å². The first-order valence-corrected chi connectivity index (χ1v) is 9.69. The lowest BCUT2D eigenvalue weighted by Crippen LogP contribution is -2.31. The van der Waals surface area contributed by atoms with Crippen molar-refractivity contribution < 1.29 is 0 Å². The SMILES string of the molecule is CN/C=C(\C=N)c1ccc2c(c1)C(Nc1ccc(N=O)cc1)CCN(N)/C2=C(/C)N. The van der Waals surface area contributed by atoms with Gasteiger partial charge in [-0.2, -0.15) is 0 Å². The molecule has 30 heavy (non-hydrogen) atoms. The van der Waals surface area contributed by atoms with Crippen LogP contribution in [0.15, 0.2) is 59.5 Å². The van der Waals surface area contributed by atoms with Crippen molar-refractivity contribution in [2.45, 2.75) is 19.4 Å². The maximum Gasteiger partial charge on any atom is 0.108 e. The lowest BCUT2D eigenvalue weighted by atomic mass is 9.92. The van der Waals surface area contributed by atoms with E-state index in [0.717, 1.165) is 40.1 Å². The minimum Gasteiger partial charge on any atom is -0.401 e. The number of hydrazine groups is 1. The summed E-state index contributed by atoms with van der Waals surface area (Å²) in [6.07, 6.45) is 3.86. The fourth-order valence-corrected chi connectivity index (χ4v) is 3.71. The molecule has 1 heterocycles. The van der Waals surface area contributed by atoms with Gasteiger partial charge in [-0.05, 0) is 60.0 Å². The summed E-state index contributed by atoms with van der Waals surface area (Å²) in [4.78, 5) is 10.7. The van der Waals surface area contributed by atoms with E-state index in [1.54, 1.807) is 30.4 Å². The van der Waals surface area contributed by atoms with E-state index in [2.05, 4.69) is 21.9 Å². The highest BCUT2D eigenvalue weighted by Gasteiger charge is 2.26. The van der Waals surface area contributed by atoms with E-state index < -0.39 is 0 Å². The lowest BCUT2D eigenvalue weighted by Gasteiger charge is -2.22. The summed E-state index contributed by atoms with van der Waals surface area (Å²) in [6, 6.07) is 13.0. The third-order valence-electron chi connectivity index (χ3n) is 5.10. The predicted molar refractivity (Wildman–Crippen MR) is 123 cm³/mol. The van der Waals surface area contributed by atoms with Crippen molar-refractivity contribution in [3.63, 3.8) is 0 Å². The molecule has 2 aromatic rings. The van der Waals surface area contributed by atoms with Crippen molar-refractivity contribution >= 4 is 28.9 Å². The summed E-state index contributed by atoms with van der Waals surface area (Å²) >= 11 is 0. The van der Waals surface area contributed by atoms with Crippen LogP contribution in [0.3, 0.4) is 0 Å². The van der Waals surface area contributed by atoms with Crippen LogP contribution >= 0.6 is 0 Å². The molecule has 0 bridgehead atoms. The van der Waals surface area contributed by atoms with Crippen LogP contribution in [0, 0.1) is 10.3 Å². The van der Waals surface area contributed by atoms with Crippen molar-refractivity contribution in [1.82, 2.24) is 10.3 Å². The highest BCUT2D eigenvalue weighted by atomic mass is 16.3. The van der Waals surface area contributed by atoms with Gasteiger partial charge in [0, 0.05) is 48.5 Å². The van der Waals surface area contributed by atoms with Gasteiger partial charge in [0.25, 0.3) is 0 Å². The Morgan fingerprint density at radius 2 is 2.00 bits per heavy atom. The molecule has 3 rings (SSSR count). The van der Waals surface area contributed by atoms with Crippen molar-refractivity contribution in [3.8, 4) is 0 Å². The topological polar surface area (TPSA) is 133 Å². The van der Waals surface area contributed by atoms with Crippen LogP contribution in [0.2, 0.25) is 0 Å². The average Bonchev–Trinajstić information content (AvgIpc) is 2.88. The molecule has 156 valence electrons. The zero-order valence-electron chi connectivity index (χ0n) is 17.1. The molecule has 1 unspecified atom stereocenters. The summed E-state index contributed by atoms with van der Waals surface area (Å²) in [5, 5.41) is 18.9. The summed E-state index contributed by atoms with van der Waals surface area (Å²) < 4.78 is 0. The first-order chi connectivity index (χ1) is 14.5. The van der Waals surface area contributed by atoms with E-state index >= 15 is 0 Å². The zero-order valence-corrected chi connectivity index (χ0v) is 17.1. The van der Waals surface area contributed by atoms with E-state index in [-0.39, 0.29) is 6.04 Å². The first kappa shape index (κ1) is 21.1. The smallest absolute Gasteiger partial charge is 0.108 e. The monoisotopic (exact) mass is 405 g/mol. The Hall–Kier alpha value is -3.65. The minimum absolute atomic E-state index is 0.0422. The molecule has 8 nitrogen and oxygen atoms in total. The summed E-state index contributed by atoms with van der Waals surface area (Å²) in [5.74, 6) is 6.32. The standard InChI is InChI=1S/C22H27N7O/c1-14(24)22-19-8-3-15(16(12-23)13-26-2)11-20(19)21(9-10-29(22)25)27-17-4-6-18(28-30)7-5-17/h3-8,11-13,21,23,26-27H,9-10,24-25H2,1-2H3/b16-13+,22-14-,23-12?. The van der Waals surface area contributed by atoms with E-state index in [1.165, 1.54) is 6.21 Å². The maximum atomic E-state index is 10.7. The Morgan fingerprint density at radius 3 is 2.60 bits per heavy atom. The zero-order chi connectivity index (χ0) is 21.7. The predicted octanol–water partition coefficient (Wildman–Crippen LogP) is 3.67. The van der Waals surface area contributed by atoms with E-state index in [4.69, 9.17) is 17.0 Å². The number of nitroso groups, excluding NO2 is 1. The average molecular weight is 406 g/mol. The molecule has 0 saturated carbocycles. The van der Waals surface area contributed by atoms with Crippen molar-refractivity contribution in [2.75, 3.05) is 18.9 Å². The van der Waals surface area contributed by atoms with Crippen molar-refractivity contribution in [2.24, 2.45) is 16.8 Å². The summed E-state index contributed by atoms with van der Waals surface area (Å²) in [7, 11) is 1.81. The third-order valence-corrected chi connectivity index (χ3v) is 5.10. The molecule has 0 fully saturated rings. The number of nitrogens with zero attached hydrogens (tertiary/aromatic N) is 2. The van der Waals surface area contributed by atoms with E-state index in [1.807, 2.05) is 31.2 Å². The molecule has 1 aliphatic heterocycles. The molecule has 1 aliphatic rings. The Labute approximate surface area is 176 Å². The number of rotatable bonds is 6. The van der Waals surface area contributed by atoms with Crippen molar-refractivity contribution in [1.29, 1.82) is 5.41 Å². The largest absolute Gasteiger partial charge is 0.401 e. The molecule has 2 aromatic carbocycles. The fraction of sp³-hybridized carbons (Fsp3) is 0.227. The van der Waals surface area contributed by atoms with Gasteiger partial charge >= 0.3 is 0 Å². The highest BCUT2D eigenvalue weighted by molar-refractivity contribution is 6.08. The normalized spacial score (nSPS) is 18.2. The van der Waals surface area contributed by atoms with Crippen LogP contribution in [-0.4, -0.2) is 24.8 Å². The van der Waals surface area contributed by atoms with Crippen LogP contribution in [-0.2, 0) is 0 Å². The van der Waals surface area contributed by atoms with Gasteiger partial charge in [0.2, 0.25) is 0 Å². The van der Waals surface area contributed by atoms with Gasteiger partial charge in [0.1, 0.15) is 5.69 Å². The van der Waals surface area contributed by atoms with Crippen LogP contribution in [0.5, 0.6) is 0 Å². The Balaban J connectivity index is 2.11. The molecular weight excluding hydrogens is 378 g/mol. The second kappa shape index (κ2) is 9.23. The van der Waals surface area contributed by atoms with Gasteiger partial charge in [0.05, 0.1) is 11.7 Å². The molecule has 7 N–H and O–H groups in total. The first-order valence-electron chi connectivity index (χ1n) is 9.69. The summed E-state index contributed by atoms with van der Waals surface area (Å²) in [6.45, 7) is 2.46. The Morgan fingerprint density at radius 1 is 1.27 bits per heavy atom. The third kappa shape index (κ3) is 4.33. The number of hydrogen-bond donors (Lipinski definition) is 5. The maximum absolute atomic E-state index is 10.7. The summed E-state index contributed by atoms with van der Waals surface area (Å²) in [5.41, 5.74) is 12.6. The molecule has 0 spiro atoms. The molecule has 0 amide bonds. The molecule has 0 aromatic heterocycles. The number of nitrogens with two attached hydrogens (primary N) is 2. The molecule has 1 atom stereocenters. The highest BCUT2D eigenvalue weighted by Crippen LogP contribution is 2.36. The number of nitrogens with one attached hydrogen (secondary N) is 3. The lowest BCUT2D eigenvalue weighted by molar-refractivity contribution is 0.402. The molecular formula is C22H27N7O. The van der Waals surface area contributed by atoms with Gasteiger partial charge in [-0.15, -0.1) is 4.91 Å². The molecule has 0 aliphatic carbocycles. The second-order valence-corrected chi connectivity index (χ2v) is 7.18. The fourth-order valence-electron chi connectivity index (χ4n) is 3.71. The minimum atomic E-state index is -0.0422. The number of fused-ring (bicyclic) bond motifs is 1. The van der Waals surface area contributed by atoms with Gasteiger partial charge in [-0.25, -0.2) is 5.84 Å². The van der Waals surface area contributed by atoms with Crippen LogP contribution < -0.4 is 22.2 Å². The molecule has 8 heteroatoms. The number of hydrogen-bond acceptors (Lipinski definition) is 8. The van der Waals surface area contributed by atoms with Crippen LogP contribution in [0.4, 0.5) is 11.4 Å². The van der Waals surface area contributed by atoms with Gasteiger partial charge in [-0.1, -0.05) is 12.1 Å². The number of anilines is 1. The van der Waals surface area contributed by atoms with Gasteiger partial charge in [0.15, 0.2) is 0 Å². The van der Waals surface area contributed by atoms with Gasteiger partial charge < -0.3 is 26.8 Å². The number of benzene rings is 2. The Bertz CT molecular complexity index is 991. The van der Waals surface area contributed by atoms with E-state index in [0.29, 0.717) is 17.9 Å².